The number of aldehydes is 1. The van der Waals surface area contributed by atoms with Gasteiger partial charge in [-0.2, -0.15) is 0 Å². The molecule has 0 saturated heterocycles. The SMILES string of the molecule is COc1ccc([C@H]2[C@H](C(=O)OC(C)(C)C)C(=O)[C@@H]3[C@@H]2C=C(C=O)[C@@H](C)[C@]32C(=O)N(C)c3ccccc32)cc1. The molecule has 2 aromatic rings. The molecular weight excluding hydrogens is 482 g/mol. The Balaban J connectivity index is 1.77. The number of allylic oxidation sites excluding steroid dienone is 2. The van der Waals surface area contributed by atoms with Gasteiger partial charge in [0.05, 0.1) is 12.5 Å². The highest BCUT2D eigenvalue weighted by molar-refractivity contribution is 6.15. The lowest BCUT2D eigenvalue weighted by molar-refractivity contribution is -0.162. The van der Waals surface area contributed by atoms with Crippen molar-refractivity contribution in [2.24, 2.45) is 23.7 Å². The van der Waals surface area contributed by atoms with Crippen molar-refractivity contribution in [1.29, 1.82) is 0 Å². The highest BCUT2D eigenvalue weighted by atomic mass is 16.6. The molecule has 1 fully saturated rings. The normalized spacial score (nSPS) is 30.1. The quantitative estimate of drug-likeness (QED) is 0.344. The van der Waals surface area contributed by atoms with Crippen LogP contribution in [0, 0.1) is 23.7 Å². The first-order valence-electron chi connectivity index (χ1n) is 12.9. The number of hydrogen-bond acceptors (Lipinski definition) is 6. The Morgan fingerprint density at radius 2 is 1.71 bits per heavy atom. The van der Waals surface area contributed by atoms with Crippen molar-refractivity contribution >= 4 is 29.6 Å². The zero-order chi connectivity index (χ0) is 27.6. The van der Waals surface area contributed by atoms with E-state index in [9.17, 15) is 19.2 Å². The van der Waals surface area contributed by atoms with Crippen molar-refractivity contribution in [2.75, 3.05) is 19.1 Å². The van der Waals surface area contributed by atoms with Crippen LogP contribution in [-0.4, -0.2) is 43.7 Å². The Morgan fingerprint density at radius 1 is 1.05 bits per heavy atom. The van der Waals surface area contributed by atoms with Gasteiger partial charge in [-0.3, -0.25) is 19.2 Å². The van der Waals surface area contributed by atoms with Crippen molar-refractivity contribution in [3.05, 3.63) is 71.3 Å². The standard InChI is InChI=1S/C31H33NO6/c1-17-19(16-33)15-21-24(18-11-13-20(37-6)14-12-18)25(28(35)38-30(2,3)4)27(34)26(21)31(17)22-9-7-8-10-23(22)32(5)29(31)36/h7-17,21,24-26H,1-6H3/t17-,21-,24-,25+,26+,31-/m1/s1. The molecule has 38 heavy (non-hydrogen) atoms. The number of rotatable bonds is 4. The van der Waals surface area contributed by atoms with Crippen molar-refractivity contribution in [2.45, 2.75) is 44.6 Å². The van der Waals surface area contributed by atoms with Crippen LogP contribution < -0.4 is 9.64 Å². The molecule has 3 aliphatic rings. The molecule has 1 aliphatic heterocycles. The number of carbonyl (C=O) groups excluding carboxylic acids is 4. The average molecular weight is 516 g/mol. The predicted molar refractivity (Wildman–Crippen MR) is 142 cm³/mol. The predicted octanol–water partition coefficient (Wildman–Crippen LogP) is 4.24. The van der Waals surface area contributed by atoms with Gasteiger partial charge < -0.3 is 14.4 Å². The summed E-state index contributed by atoms with van der Waals surface area (Å²) in [6, 6.07) is 14.7. The summed E-state index contributed by atoms with van der Waals surface area (Å²) < 4.78 is 11.1. The van der Waals surface area contributed by atoms with Crippen molar-refractivity contribution in [1.82, 2.24) is 0 Å². The van der Waals surface area contributed by atoms with Gasteiger partial charge in [0.1, 0.15) is 23.6 Å². The largest absolute Gasteiger partial charge is 0.497 e. The molecule has 1 spiro atoms. The summed E-state index contributed by atoms with van der Waals surface area (Å²) in [4.78, 5) is 56.4. The van der Waals surface area contributed by atoms with Crippen LogP contribution in [0.2, 0.25) is 0 Å². The minimum atomic E-state index is -1.31. The summed E-state index contributed by atoms with van der Waals surface area (Å²) in [5.74, 6) is -4.24. The number of esters is 1. The van der Waals surface area contributed by atoms with Gasteiger partial charge >= 0.3 is 5.97 Å². The third-order valence-corrected chi connectivity index (χ3v) is 8.50. The highest BCUT2D eigenvalue weighted by Crippen LogP contribution is 2.63. The van der Waals surface area contributed by atoms with Crippen LogP contribution in [0.5, 0.6) is 5.75 Å². The molecule has 0 aromatic heterocycles. The molecule has 1 heterocycles. The van der Waals surface area contributed by atoms with Gasteiger partial charge in [0, 0.05) is 30.5 Å². The minimum Gasteiger partial charge on any atom is -0.497 e. The fourth-order valence-electron chi connectivity index (χ4n) is 6.96. The van der Waals surface area contributed by atoms with Gasteiger partial charge in [-0.15, -0.1) is 0 Å². The summed E-state index contributed by atoms with van der Waals surface area (Å²) in [6.45, 7) is 7.12. The number of Topliss-reactive ketones (excluding diaryl/α,β-unsaturated/α-hetero) is 1. The number of carbonyl (C=O) groups is 4. The zero-order valence-electron chi connectivity index (χ0n) is 22.6. The lowest BCUT2D eigenvalue weighted by Crippen LogP contribution is -2.55. The van der Waals surface area contributed by atoms with Gasteiger partial charge in [0.15, 0.2) is 5.78 Å². The second-order valence-corrected chi connectivity index (χ2v) is 11.5. The van der Waals surface area contributed by atoms with Crippen LogP contribution >= 0.6 is 0 Å². The van der Waals surface area contributed by atoms with Crippen LogP contribution in [-0.2, 0) is 29.3 Å². The van der Waals surface area contributed by atoms with Crippen LogP contribution in [0.15, 0.2) is 60.2 Å². The maximum atomic E-state index is 14.5. The highest BCUT2D eigenvalue weighted by Gasteiger charge is 2.69. The summed E-state index contributed by atoms with van der Waals surface area (Å²) >= 11 is 0. The van der Waals surface area contributed by atoms with Crippen molar-refractivity contribution < 1.29 is 28.7 Å². The van der Waals surface area contributed by atoms with E-state index in [1.165, 1.54) is 0 Å². The van der Waals surface area contributed by atoms with Crippen LogP contribution in [0.1, 0.15) is 44.7 Å². The van der Waals surface area contributed by atoms with E-state index in [0.717, 1.165) is 11.8 Å². The first kappa shape index (κ1) is 25.9. The number of anilines is 1. The number of likely N-dealkylation sites (N-methyl/N-ethyl adjacent to an activating group) is 1. The topological polar surface area (TPSA) is 90.0 Å². The molecule has 0 bridgehead atoms. The first-order valence-corrected chi connectivity index (χ1v) is 12.9. The van der Waals surface area contributed by atoms with Crippen LogP contribution in [0.3, 0.4) is 0 Å². The summed E-state index contributed by atoms with van der Waals surface area (Å²) in [7, 11) is 3.26. The number of para-hydroxylation sites is 1. The molecule has 2 aromatic carbocycles. The molecule has 2 aliphatic carbocycles. The molecule has 0 N–H and O–H groups in total. The third kappa shape index (κ3) is 3.55. The fraction of sp³-hybridized carbons (Fsp3) is 0.419. The van der Waals surface area contributed by atoms with E-state index in [4.69, 9.17) is 9.47 Å². The first-order chi connectivity index (χ1) is 18.0. The lowest BCUT2D eigenvalue weighted by atomic mass is 9.54. The maximum absolute atomic E-state index is 14.5. The summed E-state index contributed by atoms with van der Waals surface area (Å²) in [5.41, 5.74) is 0.528. The summed E-state index contributed by atoms with van der Waals surface area (Å²) in [6.07, 6.45) is 2.60. The molecule has 5 rings (SSSR count). The molecule has 1 saturated carbocycles. The molecule has 7 nitrogen and oxygen atoms in total. The zero-order valence-corrected chi connectivity index (χ0v) is 22.6. The second kappa shape index (κ2) is 8.93. The number of hydrogen-bond donors (Lipinski definition) is 0. The van der Waals surface area contributed by atoms with Gasteiger partial charge in [-0.05, 0) is 61.6 Å². The molecule has 0 radical (unpaired) electrons. The van der Waals surface area contributed by atoms with E-state index in [1.54, 1.807) is 52.0 Å². The molecule has 0 unspecified atom stereocenters. The van der Waals surface area contributed by atoms with Crippen molar-refractivity contribution in [3.63, 3.8) is 0 Å². The Labute approximate surface area is 222 Å². The number of amides is 1. The molecular formula is C31H33NO6. The van der Waals surface area contributed by atoms with Crippen LogP contribution in [0.4, 0.5) is 5.69 Å². The van der Waals surface area contributed by atoms with Gasteiger partial charge in [0.2, 0.25) is 5.91 Å². The van der Waals surface area contributed by atoms with E-state index in [0.29, 0.717) is 22.6 Å². The van der Waals surface area contributed by atoms with E-state index in [-0.39, 0.29) is 11.7 Å². The Bertz CT molecular complexity index is 1350. The van der Waals surface area contributed by atoms with Gasteiger partial charge in [-0.25, -0.2) is 0 Å². The number of ether oxygens (including phenoxy) is 2. The minimum absolute atomic E-state index is 0.236. The number of benzene rings is 2. The number of methoxy groups -OCH3 is 1. The number of ketones is 1. The smallest absolute Gasteiger partial charge is 0.317 e. The third-order valence-electron chi connectivity index (χ3n) is 8.50. The van der Waals surface area contributed by atoms with E-state index < -0.39 is 46.6 Å². The van der Waals surface area contributed by atoms with E-state index >= 15 is 0 Å². The van der Waals surface area contributed by atoms with Gasteiger partial charge in [0.25, 0.3) is 0 Å². The summed E-state index contributed by atoms with van der Waals surface area (Å²) in [5, 5.41) is 0. The number of fused-ring (bicyclic) bond motifs is 4. The molecule has 7 heteroatoms. The Morgan fingerprint density at radius 3 is 2.32 bits per heavy atom. The lowest BCUT2D eigenvalue weighted by Gasteiger charge is -2.45. The molecule has 198 valence electrons. The van der Waals surface area contributed by atoms with Gasteiger partial charge in [-0.1, -0.05) is 43.3 Å². The average Bonchev–Trinajstić information content (AvgIpc) is 3.30. The second-order valence-electron chi connectivity index (χ2n) is 11.5. The molecule has 6 atom stereocenters. The monoisotopic (exact) mass is 515 g/mol. The van der Waals surface area contributed by atoms with E-state index in [2.05, 4.69) is 0 Å². The van der Waals surface area contributed by atoms with Crippen molar-refractivity contribution in [3.8, 4) is 5.75 Å². The number of nitrogens with zero attached hydrogens (tertiary/aromatic N) is 1. The Kier molecular flexibility index (Phi) is 6.08. The van der Waals surface area contributed by atoms with E-state index in [1.807, 2.05) is 49.4 Å². The maximum Gasteiger partial charge on any atom is 0.317 e. The Hall–Kier alpha value is -3.74. The van der Waals surface area contributed by atoms with Crippen LogP contribution in [0.25, 0.3) is 0 Å². The fourth-order valence-corrected chi connectivity index (χ4v) is 6.96. The molecule has 1 amide bonds.